The summed E-state index contributed by atoms with van der Waals surface area (Å²) in [6.07, 6.45) is 4.70. The van der Waals surface area contributed by atoms with Crippen LogP contribution in [0.5, 0.6) is 0 Å². The predicted molar refractivity (Wildman–Crippen MR) is 48.8 cm³/mol. The number of carbonyl (C=O) groups is 1. The van der Waals surface area contributed by atoms with Crippen LogP contribution in [0.3, 0.4) is 0 Å². The highest BCUT2D eigenvalue weighted by Crippen LogP contribution is 2.16. The molecule has 0 saturated heterocycles. The summed E-state index contributed by atoms with van der Waals surface area (Å²) in [6, 6.07) is 3.07. The van der Waals surface area contributed by atoms with Gasteiger partial charge in [-0.1, -0.05) is 0 Å². The SMILES string of the molecule is O=C(O)c1cccnc1-c1ncc[nH]1. The number of rotatable bonds is 2. The van der Waals surface area contributed by atoms with Gasteiger partial charge in [0, 0.05) is 18.6 Å². The highest BCUT2D eigenvalue weighted by Gasteiger charge is 2.13. The molecule has 2 aromatic rings. The lowest BCUT2D eigenvalue weighted by Gasteiger charge is -2.00. The monoisotopic (exact) mass is 189 g/mol. The van der Waals surface area contributed by atoms with Crippen molar-refractivity contribution in [3.8, 4) is 11.5 Å². The zero-order valence-electron chi connectivity index (χ0n) is 7.14. The fourth-order valence-electron chi connectivity index (χ4n) is 1.16. The molecule has 2 N–H and O–H groups in total. The molecule has 5 heteroatoms. The van der Waals surface area contributed by atoms with E-state index in [1.165, 1.54) is 12.3 Å². The minimum absolute atomic E-state index is 0.141. The Morgan fingerprint density at radius 1 is 1.36 bits per heavy atom. The van der Waals surface area contributed by atoms with Crippen molar-refractivity contribution in [1.82, 2.24) is 15.0 Å². The molecule has 0 atom stereocenters. The van der Waals surface area contributed by atoms with Gasteiger partial charge in [-0.2, -0.15) is 0 Å². The number of aromatic carboxylic acids is 1. The first-order chi connectivity index (χ1) is 6.79. The van der Waals surface area contributed by atoms with E-state index in [0.29, 0.717) is 11.5 Å². The Morgan fingerprint density at radius 3 is 2.86 bits per heavy atom. The third kappa shape index (κ3) is 1.35. The molecule has 0 aliphatic rings. The highest BCUT2D eigenvalue weighted by atomic mass is 16.4. The smallest absolute Gasteiger partial charge is 0.338 e. The summed E-state index contributed by atoms with van der Waals surface area (Å²) >= 11 is 0. The quantitative estimate of drug-likeness (QED) is 0.743. The third-order valence-electron chi connectivity index (χ3n) is 1.76. The normalized spacial score (nSPS) is 10.0. The van der Waals surface area contributed by atoms with E-state index >= 15 is 0 Å². The molecule has 2 aromatic heterocycles. The molecule has 0 aromatic carbocycles. The summed E-state index contributed by atoms with van der Waals surface area (Å²) in [6.45, 7) is 0. The van der Waals surface area contributed by atoms with Crippen molar-refractivity contribution in [2.24, 2.45) is 0 Å². The summed E-state index contributed by atoms with van der Waals surface area (Å²) in [7, 11) is 0. The van der Waals surface area contributed by atoms with Crippen LogP contribution in [-0.2, 0) is 0 Å². The number of pyridine rings is 1. The number of aromatic nitrogens is 3. The van der Waals surface area contributed by atoms with Crippen LogP contribution in [0, 0.1) is 0 Å². The van der Waals surface area contributed by atoms with E-state index in [9.17, 15) is 4.79 Å². The minimum Gasteiger partial charge on any atom is -0.478 e. The molecule has 0 spiro atoms. The summed E-state index contributed by atoms with van der Waals surface area (Å²) in [4.78, 5) is 21.6. The number of hydrogen-bond donors (Lipinski definition) is 2. The first-order valence-corrected chi connectivity index (χ1v) is 3.97. The molecule has 0 radical (unpaired) electrons. The van der Waals surface area contributed by atoms with Gasteiger partial charge in [-0.15, -0.1) is 0 Å². The Labute approximate surface area is 79.5 Å². The Morgan fingerprint density at radius 2 is 2.21 bits per heavy atom. The van der Waals surface area contributed by atoms with Crippen LogP contribution in [0.15, 0.2) is 30.7 Å². The molecule has 0 unspecified atom stereocenters. The topological polar surface area (TPSA) is 78.9 Å². The van der Waals surface area contributed by atoms with Crippen molar-refractivity contribution >= 4 is 5.97 Å². The maximum Gasteiger partial charge on any atom is 0.338 e. The largest absolute Gasteiger partial charge is 0.478 e. The van der Waals surface area contributed by atoms with Gasteiger partial charge in [0.05, 0.1) is 5.56 Å². The fourth-order valence-corrected chi connectivity index (χ4v) is 1.16. The Hall–Kier alpha value is -2.17. The molecule has 5 nitrogen and oxygen atoms in total. The van der Waals surface area contributed by atoms with Crippen LogP contribution in [-0.4, -0.2) is 26.0 Å². The number of H-pyrrole nitrogens is 1. The molecule has 0 amide bonds. The number of hydrogen-bond acceptors (Lipinski definition) is 3. The average Bonchev–Trinajstić information content (AvgIpc) is 2.70. The lowest BCUT2D eigenvalue weighted by atomic mass is 10.2. The second-order valence-corrected chi connectivity index (χ2v) is 2.64. The van der Waals surface area contributed by atoms with E-state index in [-0.39, 0.29) is 5.56 Å². The molecule has 0 saturated carbocycles. The zero-order valence-corrected chi connectivity index (χ0v) is 7.14. The molecule has 2 heterocycles. The van der Waals surface area contributed by atoms with Crippen molar-refractivity contribution in [2.75, 3.05) is 0 Å². The molecule has 0 aliphatic carbocycles. The number of nitrogens with zero attached hydrogens (tertiary/aromatic N) is 2. The van der Waals surface area contributed by atoms with Gasteiger partial charge in [-0.3, -0.25) is 4.98 Å². The number of aromatic amines is 1. The van der Waals surface area contributed by atoms with E-state index in [1.54, 1.807) is 18.5 Å². The van der Waals surface area contributed by atoms with E-state index in [4.69, 9.17) is 5.11 Å². The molecule has 2 rings (SSSR count). The summed E-state index contributed by atoms with van der Waals surface area (Å²) in [5.74, 6) is -0.549. The van der Waals surface area contributed by atoms with Crippen LogP contribution in [0.2, 0.25) is 0 Å². The highest BCUT2D eigenvalue weighted by molar-refractivity contribution is 5.93. The van der Waals surface area contributed by atoms with Gasteiger partial charge in [0.25, 0.3) is 0 Å². The predicted octanol–water partition coefficient (Wildman–Crippen LogP) is 1.17. The van der Waals surface area contributed by atoms with E-state index < -0.39 is 5.97 Å². The van der Waals surface area contributed by atoms with Gasteiger partial charge in [0.2, 0.25) is 0 Å². The van der Waals surface area contributed by atoms with Crippen LogP contribution in [0.4, 0.5) is 0 Å². The maximum atomic E-state index is 10.8. The maximum absolute atomic E-state index is 10.8. The first kappa shape index (κ1) is 8.43. The standard InChI is InChI=1S/C9H7N3O2/c13-9(14)6-2-1-3-10-7(6)8-11-4-5-12-8/h1-5H,(H,11,12)(H,13,14). The van der Waals surface area contributed by atoms with E-state index in [0.717, 1.165) is 0 Å². The lowest BCUT2D eigenvalue weighted by Crippen LogP contribution is -2.01. The second kappa shape index (κ2) is 3.29. The molecule has 70 valence electrons. The number of carboxylic acids is 1. The molecule has 14 heavy (non-hydrogen) atoms. The number of imidazole rings is 1. The van der Waals surface area contributed by atoms with Gasteiger partial charge in [0.1, 0.15) is 5.69 Å². The summed E-state index contributed by atoms with van der Waals surface area (Å²) in [5, 5.41) is 8.88. The first-order valence-electron chi connectivity index (χ1n) is 3.97. The van der Waals surface area contributed by atoms with Gasteiger partial charge in [-0.05, 0) is 12.1 Å². The van der Waals surface area contributed by atoms with Crippen molar-refractivity contribution in [2.45, 2.75) is 0 Å². The number of carboxylic acid groups (broad SMARTS) is 1. The van der Waals surface area contributed by atoms with Gasteiger partial charge in [0.15, 0.2) is 5.82 Å². The molecular formula is C9H7N3O2. The molecule has 0 fully saturated rings. The third-order valence-corrected chi connectivity index (χ3v) is 1.76. The Balaban J connectivity index is 2.58. The van der Waals surface area contributed by atoms with Crippen molar-refractivity contribution in [3.05, 3.63) is 36.3 Å². The van der Waals surface area contributed by atoms with E-state index in [1.807, 2.05) is 0 Å². The van der Waals surface area contributed by atoms with E-state index in [2.05, 4.69) is 15.0 Å². The number of nitrogens with one attached hydrogen (secondary N) is 1. The lowest BCUT2D eigenvalue weighted by molar-refractivity contribution is 0.0697. The summed E-state index contributed by atoms with van der Waals surface area (Å²) in [5.41, 5.74) is 0.493. The van der Waals surface area contributed by atoms with Crippen LogP contribution in [0.25, 0.3) is 11.5 Å². The average molecular weight is 189 g/mol. The molecule has 0 bridgehead atoms. The van der Waals surface area contributed by atoms with Crippen molar-refractivity contribution < 1.29 is 9.90 Å². The molecule has 0 aliphatic heterocycles. The van der Waals surface area contributed by atoms with Gasteiger partial charge >= 0.3 is 5.97 Å². The van der Waals surface area contributed by atoms with Crippen LogP contribution >= 0.6 is 0 Å². The zero-order chi connectivity index (χ0) is 9.97. The fraction of sp³-hybridized carbons (Fsp3) is 0. The molecular weight excluding hydrogens is 182 g/mol. The summed E-state index contributed by atoms with van der Waals surface area (Å²) < 4.78 is 0. The Kier molecular flexibility index (Phi) is 1.98. The van der Waals surface area contributed by atoms with Crippen molar-refractivity contribution in [1.29, 1.82) is 0 Å². The second-order valence-electron chi connectivity index (χ2n) is 2.64. The van der Waals surface area contributed by atoms with Crippen molar-refractivity contribution in [3.63, 3.8) is 0 Å². The van der Waals surface area contributed by atoms with Gasteiger partial charge in [-0.25, -0.2) is 9.78 Å². The van der Waals surface area contributed by atoms with Crippen LogP contribution in [0.1, 0.15) is 10.4 Å². The minimum atomic E-state index is -1.01. The van der Waals surface area contributed by atoms with Crippen LogP contribution < -0.4 is 0 Å². The Bertz CT molecular complexity index is 451. The van der Waals surface area contributed by atoms with Gasteiger partial charge < -0.3 is 10.1 Å².